The number of benzene rings is 4. The van der Waals surface area contributed by atoms with Gasteiger partial charge in [-0.1, -0.05) is 55.5 Å². The molecule has 0 saturated carbocycles. The van der Waals surface area contributed by atoms with Crippen LogP contribution in [0, 0.1) is 18.7 Å². The lowest BCUT2D eigenvalue weighted by Gasteiger charge is -2.38. The molecule has 4 aromatic carbocycles. The van der Waals surface area contributed by atoms with Gasteiger partial charge in [0.05, 0.1) is 30.3 Å². The van der Waals surface area contributed by atoms with Gasteiger partial charge in [0, 0.05) is 25.6 Å². The molecule has 2 N–H and O–H groups in total. The second-order valence-electron chi connectivity index (χ2n) is 12.4. The van der Waals surface area contributed by atoms with E-state index < -0.39 is 6.04 Å². The van der Waals surface area contributed by atoms with Gasteiger partial charge in [0.15, 0.2) is 5.75 Å². The number of hydrogen-bond donors (Lipinski definition) is 2. The van der Waals surface area contributed by atoms with Gasteiger partial charge in [0.2, 0.25) is 5.91 Å². The molecule has 1 aliphatic heterocycles. The quantitative estimate of drug-likeness (QED) is 0.196. The van der Waals surface area contributed by atoms with Crippen LogP contribution < -0.4 is 14.8 Å². The Kier molecular flexibility index (Phi) is 10.9. The summed E-state index contributed by atoms with van der Waals surface area (Å²) >= 11 is 0. The third-order valence-corrected chi connectivity index (χ3v) is 8.43. The van der Waals surface area contributed by atoms with Crippen LogP contribution in [0.3, 0.4) is 0 Å². The van der Waals surface area contributed by atoms with Crippen LogP contribution in [-0.4, -0.2) is 65.6 Å². The Morgan fingerprint density at radius 2 is 1.74 bits per heavy atom. The Morgan fingerprint density at radius 3 is 2.45 bits per heavy atom. The number of nitrogens with zero attached hydrogens (tertiary/aromatic N) is 2. The molecule has 1 heterocycles. The van der Waals surface area contributed by atoms with E-state index in [0.29, 0.717) is 42.2 Å². The monoisotopic (exact) mass is 639 g/mol. The van der Waals surface area contributed by atoms with Gasteiger partial charge in [0.25, 0.3) is 5.91 Å². The fourth-order valence-corrected chi connectivity index (χ4v) is 5.69. The van der Waals surface area contributed by atoms with Crippen molar-refractivity contribution in [2.75, 3.05) is 32.1 Å². The van der Waals surface area contributed by atoms with Gasteiger partial charge in [0.1, 0.15) is 23.4 Å². The van der Waals surface area contributed by atoms with Gasteiger partial charge in [-0.05, 0) is 80.1 Å². The first-order valence-electron chi connectivity index (χ1n) is 15.9. The molecule has 0 fully saturated rings. The summed E-state index contributed by atoms with van der Waals surface area (Å²) in [5.41, 5.74) is 3.52. The highest BCUT2D eigenvalue weighted by Crippen LogP contribution is 2.35. The number of aryl methyl sites for hydroxylation is 1. The number of carbonyl (C=O) groups is 2. The average Bonchev–Trinajstić information content (AvgIpc) is 3.05. The molecule has 0 aromatic heterocycles. The zero-order chi connectivity index (χ0) is 33.5. The number of fused-ring (bicyclic) bond motifs is 1. The molecule has 0 aliphatic carbocycles. The highest BCUT2D eigenvalue weighted by Gasteiger charge is 2.34. The predicted octanol–water partition coefficient (Wildman–Crippen LogP) is 6.46. The van der Waals surface area contributed by atoms with Gasteiger partial charge in [-0.3, -0.25) is 14.5 Å². The molecule has 3 atom stereocenters. The number of likely N-dealkylation sites (N-methyl/N-ethyl adjacent to an activating group) is 1. The maximum atomic E-state index is 13.8. The zero-order valence-corrected chi connectivity index (χ0v) is 27.3. The molecule has 0 saturated heterocycles. The molecular formula is C38H42FN3O5. The maximum absolute atomic E-state index is 13.8. The van der Waals surface area contributed by atoms with Crippen molar-refractivity contribution >= 4 is 17.5 Å². The van der Waals surface area contributed by atoms with E-state index in [0.717, 1.165) is 22.6 Å². The Morgan fingerprint density at radius 1 is 1.04 bits per heavy atom. The van der Waals surface area contributed by atoms with Crippen molar-refractivity contribution in [3.63, 3.8) is 0 Å². The fraction of sp³-hybridized carbons (Fsp3) is 0.316. The van der Waals surface area contributed by atoms with Crippen molar-refractivity contribution < 1.29 is 28.6 Å². The molecule has 4 aromatic rings. The molecule has 0 unspecified atom stereocenters. The molecule has 47 heavy (non-hydrogen) atoms. The van der Waals surface area contributed by atoms with Crippen LogP contribution in [0.25, 0.3) is 0 Å². The number of halogens is 1. The van der Waals surface area contributed by atoms with Gasteiger partial charge in [-0.2, -0.15) is 0 Å². The smallest absolute Gasteiger partial charge is 0.258 e. The summed E-state index contributed by atoms with van der Waals surface area (Å²) < 4.78 is 26.1. The van der Waals surface area contributed by atoms with E-state index in [9.17, 15) is 19.1 Å². The molecule has 0 radical (unpaired) electrons. The molecule has 246 valence electrons. The number of hydrogen-bond acceptors (Lipinski definition) is 6. The maximum Gasteiger partial charge on any atom is 0.258 e. The number of nitrogens with one attached hydrogen (secondary N) is 1. The summed E-state index contributed by atoms with van der Waals surface area (Å²) in [5, 5.41) is 12.9. The van der Waals surface area contributed by atoms with Crippen molar-refractivity contribution in [3.05, 3.63) is 119 Å². The predicted molar refractivity (Wildman–Crippen MR) is 180 cm³/mol. The summed E-state index contributed by atoms with van der Waals surface area (Å²) in [5.74, 6) is 0.807. The SMILES string of the molecule is Cc1ccccc1Oc1ccc(CN(C)C[C@H]2Oc3c(NC(=O)Cc4ccc(F)cc4)cccc3C(=O)N([C@@H](C)CO)C[C@H]2C)cc1. The van der Waals surface area contributed by atoms with E-state index in [-0.39, 0.29) is 42.7 Å². The Balaban J connectivity index is 1.34. The Labute approximate surface area is 275 Å². The lowest BCUT2D eigenvalue weighted by atomic mass is 9.98. The fourth-order valence-electron chi connectivity index (χ4n) is 5.69. The average molecular weight is 640 g/mol. The van der Waals surface area contributed by atoms with Crippen LogP contribution in [0.4, 0.5) is 10.1 Å². The highest BCUT2D eigenvalue weighted by atomic mass is 19.1. The van der Waals surface area contributed by atoms with Gasteiger partial charge < -0.3 is 24.8 Å². The van der Waals surface area contributed by atoms with E-state index in [4.69, 9.17) is 9.47 Å². The van der Waals surface area contributed by atoms with E-state index in [1.807, 2.05) is 76.3 Å². The van der Waals surface area contributed by atoms with Gasteiger partial charge in [-0.25, -0.2) is 4.39 Å². The molecule has 0 bridgehead atoms. The third-order valence-electron chi connectivity index (χ3n) is 8.43. The first-order valence-corrected chi connectivity index (χ1v) is 15.9. The first kappa shape index (κ1) is 33.6. The number of anilines is 1. The van der Waals surface area contributed by atoms with Crippen molar-refractivity contribution in [2.24, 2.45) is 5.92 Å². The molecular weight excluding hydrogens is 597 g/mol. The molecule has 0 spiro atoms. The standard InChI is InChI=1S/C38H42FN3O5/c1-25-8-5-6-11-34(25)46-31-18-14-29(15-19-31)22-41(4)23-35-26(2)21-42(27(3)24-43)38(45)32-9-7-10-33(37(32)47-35)40-36(44)20-28-12-16-30(39)17-13-28/h5-19,26-27,35,43H,20-24H2,1-4H3,(H,40,44)/t26-,27+,35-/m1/s1. The number of amides is 2. The van der Waals surface area contributed by atoms with Crippen LogP contribution >= 0.6 is 0 Å². The van der Waals surface area contributed by atoms with Crippen LogP contribution in [-0.2, 0) is 17.8 Å². The minimum Gasteiger partial charge on any atom is -0.486 e. The normalized spacial score (nSPS) is 16.9. The number of aliphatic hydroxyl groups is 1. The van der Waals surface area contributed by atoms with Gasteiger partial charge in [-0.15, -0.1) is 0 Å². The number of ether oxygens (including phenoxy) is 2. The van der Waals surface area contributed by atoms with Crippen LogP contribution in [0.2, 0.25) is 0 Å². The second kappa shape index (κ2) is 15.2. The topological polar surface area (TPSA) is 91.3 Å². The molecule has 8 nitrogen and oxygen atoms in total. The minimum atomic E-state index is -0.411. The first-order chi connectivity index (χ1) is 22.6. The number of para-hydroxylation sites is 2. The summed E-state index contributed by atoms with van der Waals surface area (Å²) in [6.45, 7) is 7.25. The highest BCUT2D eigenvalue weighted by molar-refractivity contribution is 6.02. The van der Waals surface area contributed by atoms with Gasteiger partial charge >= 0.3 is 0 Å². The summed E-state index contributed by atoms with van der Waals surface area (Å²) in [4.78, 5) is 30.7. The van der Waals surface area contributed by atoms with E-state index >= 15 is 0 Å². The lowest BCUT2D eigenvalue weighted by molar-refractivity contribution is -0.115. The molecule has 5 rings (SSSR count). The summed E-state index contributed by atoms with van der Waals surface area (Å²) in [6.07, 6.45) is -0.317. The molecule has 2 amide bonds. The van der Waals surface area contributed by atoms with E-state index in [1.165, 1.54) is 12.1 Å². The zero-order valence-electron chi connectivity index (χ0n) is 27.3. The molecule has 9 heteroatoms. The number of aliphatic hydroxyl groups excluding tert-OH is 1. The minimum absolute atomic E-state index is 0.0307. The number of carbonyl (C=O) groups excluding carboxylic acids is 2. The van der Waals surface area contributed by atoms with Crippen LogP contribution in [0.5, 0.6) is 17.2 Å². The Hall–Kier alpha value is -4.73. The molecule has 1 aliphatic rings. The second-order valence-corrected chi connectivity index (χ2v) is 12.4. The Bertz CT molecular complexity index is 1680. The summed E-state index contributed by atoms with van der Waals surface area (Å²) in [6, 6.07) is 26.3. The number of rotatable bonds is 11. The van der Waals surface area contributed by atoms with Crippen molar-refractivity contribution in [3.8, 4) is 17.2 Å². The van der Waals surface area contributed by atoms with Crippen molar-refractivity contribution in [1.29, 1.82) is 0 Å². The van der Waals surface area contributed by atoms with Crippen LogP contribution in [0.15, 0.2) is 91.0 Å². The van der Waals surface area contributed by atoms with Crippen molar-refractivity contribution in [2.45, 2.75) is 45.9 Å². The largest absolute Gasteiger partial charge is 0.486 e. The lowest BCUT2D eigenvalue weighted by Crippen LogP contribution is -2.49. The van der Waals surface area contributed by atoms with E-state index in [1.54, 1.807) is 35.2 Å². The van der Waals surface area contributed by atoms with Crippen molar-refractivity contribution in [1.82, 2.24) is 9.80 Å². The van der Waals surface area contributed by atoms with Crippen LogP contribution in [0.1, 0.15) is 40.9 Å². The summed E-state index contributed by atoms with van der Waals surface area (Å²) in [7, 11) is 2.02. The van der Waals surface area contributed by atoms with E-state index in [2.05, 4.69) is 10.2 Å². The third kappa shape index (κ3) is 8.55.